The van der Waals surface area contributed by atoms with Gasteiger partial charge in [-0.15, -0.1) is 0 Å². The molecule has 0 aliphatic heterocycles. The zero-order valence-corrected chi connectivity index (χ0v) is 11.7. The second-order valence-corrected chi connectivity index (χ2v) is 4.98. The number of para-hydroxylation sites is 1. The van der Waals surface area contributed by atoms with Crippen LogP contribution in [0.2, 0.25) is 0 Å². The van der Waals surface area contributed by atoms with Gasteiger partial charge in [-0.2, -0.15) is 0 Å². The van der Waals surface area contributed by atoms with Crippen LogP contribution in [0.25, 0.3) is 10.9 Å². The third-order valence-electron chi connectivity index (χ3n) is 3.22. The largest absolute Gasteiger partial charge is 0.393 e. The summed E-state index contributed by atoms with van der Waals surface area (Å²) in [5.41, 5.74) is 2.13. The highest BCUT2D eigenvalue weighted by Crippen LogP contribution is 2.15. The first-order valence-electron chi connectivity index (χ1n) is 6.94. The van der Waals surface area contributed by atoms with Crippen molar-refractivity contribution in [2.45, 2.75) is 32.3 Å². The molecule has 4 heteroatoms. The third-order valence-corrected chi connectivity index (χ3v) is 3.22. The summed E-state index contributed by atoms with van der Waals surface area (Å²) in [6.45, 7) is 2.28. The Bertz CT molecular complexity index is 576. The Balaban J connectivity index is 1.88. The number of amides is 1. The second kappa shape index (κ2) is 7.01. The average Bonchev–Trinajstić information content (AvgIpc) is 2.45. The number of fused-ring (bicyclic) bond motifs is 1. The molecule has 2 rings (SSSR count). The molecule has 1 unspecified atom stereocenters. The highest BCUT2D eigenvalue weighted by atomic mass is 16.3. The third kappa shape index (κ3) is 4.03. The fourth-order valence-corrected chi connectivity index (χ4v) is 2.13. The Labute approximate surface area is 118 Å². The van der Waals surface area contributed by atoms with Crippen molar-refractivity contribution < 1.29 is 9.90 Å². The van der Waals surface area contributed by atoms with E-state index < -0.39 is 6.10 Å². The van der Waals surface area contributed by atoms with Gasteiger partial charge in [-0.05, 0) is 31.4 Å². The molecule has 4 nitrogen and oxygen atoms in total. The van der Waals surface area contributed by atoms with E-state index in [1.54, 1.807) is 13.1 Å². The summed E-state index contributed by atoms with van der Waals surface area (Å²) in [6, 6.07) is 10.0. The van der Waals surface area contributed by atoms with Crippen LogP contribution in [0, 0.1) is 0 Å². The molecule has 1 heterocycles. The summed E-state index contributed by atoms with van der Waals surface area (Å²) >= 11 is 0. The predicted molar refractivity (Wildman–Crippen MR) is 79.4 cm³/mol. The molecular formula is C16H20N2O2. The summed E-state index contributed by atoms with van der Waals surface area (Å²) in [5.74, 6) is -0.0147. The number of aliphatic hydroxyl groups is 1. The van der Waals surface area contributed by atoms with E-state index >= 15 is 0 Å². The van der Waals surface area contributed by atoms with Gasteiger partial charge in [0.05, 0.1) is 11.6 Å². The zero-order valence-electron chi connectivity index (χ0n) is 11.7. The standard InChI is InChI=1S/C16H20N2O2/c1-12(19)7-8-15(20)17-11-9-14-5-2-4-13-6-3-10-18-16(13)14/h2-6,10,12,19H,7-9,11H2,1H3,(H,17,20). The smallest absolute Gasteiger partial charge is 0.220 e. The normalized spacial score (nSPS) is 12.3. The minimum Gasteiger partial charge on any atom is -0.393 e. The molecule has 2 N–H and O–H groups in total. The van der Waals surface area contributed by atoms with Gasteiger partial charge in [0.15, 0.2) is 0 Å². The van der Waals surface area contributed by atoms with Gasteiger partial charge in [0.2, 0.25) is 5.91 Å². The molecule has 1 amide bonds. The van der Waals surface area contributed by atoms with Crippen molar-refractivity contribution in [2.24, 2.45) is 0 Å². The molecule has 0 fully saturated rings. The van der Waals surface area contributed by atoms with Crippen LogP contribution in [0.4, 0.5) is 0 Å². The number of carbonyl (C=O) groups is 1. The van der Waals surface area contributed by atoms with Crippen LogP contribution >= 0.6 is 0 Å². The summed E-state index contributed by atoms with van der Waals surface area (Å²) < 4.78 is 0. The summed E-state index contributed by atoms with van der Waals surface area (Å²) in [6.07, 6.45) is 2.98. The molecule has 0 saturated carbocycles. The van der Waals surface area contributed by atoms with E-state index in [0.29, 0.717) is 19.4 Å². The van der Waals surface area contributed by atoms with E-state index in [9.17, 15) is 4.79 Å². The van der Waals surface area contributed by atoms with E-state index in [2.05, 4.69) is 10.3 Å². The molecule has 0 bridgehead atoms. The monoisotopic (exact) mass is 272 g/mol. The number of carbonyl (C=O) groups excluding carboxylic acids is 1. The van der Waals surface area contributed by atoms with Crippen molar-refractivity contribution in [3.05, 3.63) is 42.1 Å². The van der Waals surface area contributed by atoms with Gasteiger partial charge in [-0.3, -0.25) is 9.78 Å². The fraction of sp³-hybridized carbons (Fsp3) is 0.375. The number of nitrogens with zero attached hydrogens (tertiary/aromatic N) is 1. The molecule has 0 saturated heterocycles. The predicted octanol–water partition coefficient (Wildman–Crippen LogP) is 2.05. The van der Waals surface area contributed by atoms with Crippen molar-refractivity contribution in [3.63, 3.8) is 0 Å². The van der Waals surface area contributed by atoms with Gasteiger partial charge in [0.1, 0.15) is 0 Å². The zero-order chi connectivity index (χ0) is 14.4. The minimum atomic E-state index is -0.428. The summed E-state index contributed by atoms with van der Waals surface area (Å²) in [7, 11) is 0. The lowest BCUT2D eigenvalue weighted by molar-refractivity contribution is -0.121. The Hall–Kier alpha value is -1.94. The first-order chi connectivity index (χ1) is 9.66. The van der Waals surface area contributed by atoms with Crippen LogP contribution in [0.5, 0.6) is 0 Å². The SMILES string of the molecule is CC(O)CCC(=O)NCCc1cccc2cccnc12. The van der Waals surface area contributed by atoms with Gasteiger partial charge in [-0.1, -0.05) is 24.3 Å². The molecule has 1 atom stereocenters. The van der Waals surface area contributed by atoms with Crippen LogP contribution in [-0.4, -0.2) is 28.6 Å². The van der Waals surface area contributed by atoms with Crippen molar-refractivity contribution in [3.8, 4) is 0 Å². The van der Waals surface area contributed by atoms with Crippen molar-refractivity contribution in [1.29, 1.82) is 0 Å². The Kier molecular flexibility index (Phi) is 5.07. The number of aromatic nitrogens is 1. The van der Waals surface area contributed by atoms with Crippen LogP contribution in [0.1, 0.15) is 25.3 Å². The Morgan fingerprint density at radius 2 is 2.15 bits per heavy atom. The topological polar surface area (TPSA) is 62.2 Å². The lowest BCUT2D eigenvalue weighted by Gasteiger charge is -2.08. The maximum absolute atomic E-state index is 11.6. The van der Waals surface area contributed by atoms with Gasteiger partial charge in [0.25, 0.3) is 0 Å². The average molecular weight is 272 g/mol. The lowest BCUT2D eigenvalue weighted by atomic mass is 10.1. The maximum Gasteiger partial charge on any atom is 0.220 e. The summed E-state index contributed by atoms with van der Waals surface area (Å²) in [4.78, 5) is 16.0. The number of hydrogen-bond donors (Lipinski definition) is 2. The number of rotatable bonds is 6. The van der Waals surface area contributed by atoms with Crippen molar-refractivity contribution in [1.82, 2.24) is 10.3 Å². The van der Waals surface area contributed by atoms with E-state index in [1.165, 1.54) is 0 Å². The highest BCUT2D eigenvalue weighted by molar-refractivity contribution is 5.81. The molecular weight excluding hydrogens is 252 g/mol. The number of pyridine rings is 1. The van der Waals surface area contributed by atoms with Gasteiger partial charge >= 0.3 is 0 Å². The van der Waals surface area contributed by atoms with E-state index in [0.717, 1.165) is 22.9 Å². The van der Waals surface area contributed by atoms with Crippen LogP contribution in [-0.2, 0) is 11.2 Å². The van der Waals surface area contributed by atoms with Gasteiger partial charge in [0, 0.05) is 24.5 Å². The van der Waals surface area contributed by atoms with Crippen LogP contribution < -0.4 is 5.32 Å². The second-order valence-electron chi connectivity index (χ2n) is 4.98. The molecule has 0 aliphatic rings. The lowest BCUT2D eigenvalue weighted by Crippen LogP contribution is -2.26. The maximum atomic E-state index is 11.6. The molecule has 2 aromatic rings. The molecule has 0 radical (unpaired) electrons. The first-order valence-corrected chi connectivity index (χ1v) is 6.94. The van der Waals surface area contributed by atoms with E-state index in [1.807, 2.05) is 30.3 Å². The Morgan fingerprint density at radius 1 is 1.35 bits per heavy atom. The van der Waals surface area contributed by atoms with Crippen LogP contribution in [0.3, 0.4) is 0 Å². The van der Waals surface area contributed by atoms with E-state index in [4.69, 9.17) is 5.11 Å². The molecule has 0 spiro atoms. The van der Waals surface area contributed by atoms with Gasteiger partial charge < -0.3 is 10.4 Å². The molecule has 106 valence electrons. The molecule has 0 aliphatic carbocycles. The van der Waals surface area contributed by atoms with Gasteiger partial charge in [-0.25, -0.2) is 0 Å². The van der Waals surface area contributed by atoms with Crippen molar-refractivity contribution >= 4 is 16.8 Å². The molecule has 1 aromatic carbocycles. The fourth-order valence-electron chi connectivity index (χ4n) is 2.13. The minimum absolute atomic E-state index is 0.0147. The van der Waals surface area contributed by atoms with Crippen molar-refractivity contribution in [2.75, 3.05) is 6.54 Å². The molecule has 1 aromatic heterocycles. The van der Waals surface area contributed by atoms with Crippen LogP contribution in [0.15, 0.2) is 36.5 Å². The summed E-state index contributed by atoms with van der Waals surface area (Å²) in [5, 5.41) is 13.1. The van der Waals surface area contributed by atoms with E-state index in [-0.39, 0.29) is 5.91 Å². The number of aliphatic hydroxyl groups excluding tert-OH is 1. The molecule has 20 heavy (non-hydrogen) atoms. The number of nitrogens with one attached hydrogen (secondary N) is 1. The number of benzene rings is 1. The quantitative estimate of drug-likeness (QED) is 0.846. The first kappa shape index (κ1) is 14.5. The highest BCUT2D eigenvalue weighted by Gasteiger charge is 2.05. The number of hydrogen-bond acceptors (Lipinski definition) is 3. The Morgan fingerprint density at radius 3 is 2.95 bits per heavy atom.